The van der Waals surface area contributed by atoms with Gasteiger partial charge in [0.25, 0.3) is 5.91 Å². The molecule has 0 fully saturated rings. The number of nitrogens with one attached hydrogen (secondary N) is 1. The van der Waals surface area contributed by atoms with E-state index in [1.807, 2.05) is 0 Å². The van der Waals surface area contributed by atoms with E-state index in [1.54, 1.807) is 32.0 Å². The SMILES string of the molecule is Cc1ccc(NC(=O)[C@H](C)Oc2ccc(Cl)cc2Cl)c(F)c1. The van der Waals surface area contributed by atoms with Crippen molar-refractivity contribution < 1.29 is 13.9 Å². The Labute approximate surface area is 138 Å². The molecule has 0 aromatic heterocycles. The zero-order valence-corrected chi connectivity index (χ0v) is 13.5. The predicted molar refractivity (Wildman–Crippen MR) is 86.3 cm³/mol. The Kier molecular flexibility index (Phi) is 5.27. The molecule has 3 nitrogen and oxygen atoms in total. The van der Waals surface area contributed by atoms with Crippen LogP contribution in [0.2, 0.25) is 10.0 Å². The molecule has 2 aromatic rings. The highest BCUT2D eigenvalue weighted by Crippen LogP contribution is 2.28. The summed E-state index contributed by atoms with van der Waals surface area (Å²) >= 11 is 11.8. The smallest absolute Gasteiger partial charge is 0.265 e. The van der Waals surface area contributed by atoms with Gasteiger partial charge in [-0.05, 0) is 49.7 Å². The summed E-state index contributed by atoms with van der Waals surface area (Å²) in [7, 11) is 0. The normalized spacial score (nSPS) is 11.9. The quantitative estimate of drug-likeness (QED) is 0.863. The molecule has 0 unspecified atom stereocenters. The first-order valence-corrected chi connectivity index (χ1v) is 7.31. The van der Waals surface area contributed by atoms with E-state index in [0.29, 0.717) is 15.8 Å². The summed E-state index contributed by atoms with van der Waals surface area (Å²) in [5, 5.41) is 3.25. The van der Waals surface area contributed by atoms with Gasteiger partial charge < -0.3 is 10.1 Å². The lowest BCUT2D eigenvalue weighted by molar-refractivity contribution is -0.122. The number of carbonyl (C=O) groups excluding carboxylic acids is 1. The van der Waals surface area contributed by atoms with Gasteiger partial charge in [-0.1, -0.05) is 29.3 Å². The lowest BCUT2D eigenvalue weighted by atomic mass is 10.2. The van der Waals surface area contributed by atoms with Crippen molar-refractivity contribution in [2.24, 2.45) is 0 Å². The lowest BCUT2D eigenvalue weighted by Crippen LogP contribution is -2.30. The van der Waals surface area contributed by atoms with Crippen molar-refractivity contribution in [2.45, 2.75) is 20.0 Å². The van der Waals surface area contributed by atoms with Gasteiger partial charge in [0.05, 0.1) is 10.7 Å². The Bertz CT molecular complexity index is 707. The maximum Gasteiger partial charge on any atom is 0.265 e. The molecule has 0 saturated carbocycles. The molecule has 0 bridgehead atoms. The van der Waals surface area contributed by atoms with Crippen molar-refractivity contribution in [3.63, 3.8) is 0 Å². The van der Waals surface area contributed by atoms with Gasteiger partial charge in [0.2, 0.25) is 0 Å². The van der Waals surface area contributed by atoms with Crippen LogP contribution in [0.5, 0.6) is 5.75 Å². The van der Waals surface area contributed by atoms with Crippen molar-refractivity contribution in [1.82, 2.24) is 0 Å². The number of rotatable bonds is 4. The summed E-state index contributed by atoms with van der Waals surface area (Å²) in [4.78, 5) is 12.1. The minimum Gasteiger partial charge on any atom is -0.479 e. The minimum absolute atomic E-state index is 0.105. The summed E-state index contributed by atoms with van der Waals surface area (Å²) < 4.78 is 19.2. The Morgan fingerprint density at radius 2 is 1.95 bits per heavy atom. The molecule has 0 aliphatic carbocycles. The van der Waals surface area contributed by atoms with E-state index in [-0.39, 0.29) is 5.69 Å². The van der Waals surface area contributed by atoms with Crippen molar-refractivity contribution in [2.75, 3.05) is 5.32 Å². The van der Waals surface area contributed by atoms with Crippen LogP contribution in [0.15, 0.2) is 36.4 Å². The van der Waals surface area contributed by atoms with Gasteiger partial charge in [-0.2, -0.15) is 0 Å². The average Bonchev–Trinajstić information content (AvgIpc) is 2.44. The molecule has 2 rings (SSSR count). The number of hydrogen-bond donors (Lipinski definition) is 1. The molecule has 0 radical (unpaired) electrons. The second-order valence-corrected chi connectivity index (χ2v) is 5.65. The summed E-state index contributed by atoms with van der Waals surface area (Å²) in [5.74, 6) is -0.642. The summed E-state index contributed by atoms with van der Waals surface area (Å²) in [6, 6.07) is 9.25. The third-order valence-electron chi connectivity index (χ3n) is 2.95. The molecule has 1 N–H and O–H groups in total. The van der Waals surface area contributed by atoms with Gasteiger partial charge in [0.15, 0.2) is 6.10 Å². The zero-order valence-electron chi connectivity index (χ0n) is 12.0. The number of anilines is 1. The molecule has 116 valence electrons. The van der Waals surface area contributed by atoms with Crippen molar-refractivity contribution >= 4 is 34.8 Å². The standard InChI is InChI=1S/C16H14Cl2FNO2/c1-9-3-5-14(13(19)7-9)20-16(21)10(2)22-15-6-4-11(17)8-12(15)18/h3-8,10H,1-2H3,(H,20,21)/t10-/m0/s1. The Hall–Kier alpha value is -1.78. The third-order valence-corrected chi connectivity index (χ3v) is 3.48. The van der Waals surface area contributed by atoms with Crippen LogP contribution in [-0.2, 0) is 4.79 Å². The number of carbonyl (C=O) groups is 1. The van der Waals surface area contributed by atoms with Gasteiger partial charge >= 0.3 is 0 Å². The van der Waals surface area contributed by atoms with Gasteiger partial charge in [0.1, 0.15) is 11.6 Å². The molecule has 1 atom stereocenters. The van der Waals surface area contributed by atoms with E-state index in [4.69, 9.17) is 27.9 Å². The topological polar surface area (TPSA) is 38.3 Å². The number of amides is 1. The fourth-order valence-corrected chi connectivity index (χ4v) is 2.22. The van der Waals surface area contributed by atoms with Gasteiger partial charge in [-0.15, -0.1) is 0 Å². The van der Waals surface area contributed by atoms with Crippen LogP contribution in [0.1, 0.15) is 12.5 Å². The Balaban J connectivity index is 2.05. The van der Waals surface area contributed by atoms with Crippen LogP contribution >= 0.6 is 23.2 Å². The van der Waals surface area contributed by atoms with Gasteiger partial charge in [-0.3, -0.25) is 4.79 Å². The van der Waals surface area contributed by atoms with Crippen LogP contribution in [0.25, 0.3) is 0 Å². The lowest BCUT2D eigenvalue weighted by Gasteiger charge is -2.16. The maximum absolute atomic E-state index is 13.7. The first-order valence-electron chi connectivity index (χ1n) is 6.55. The highest BCUT2D eigenvalue weighted by Gasteiger charge is 2.17. The highest BCUT2D eigenvalue weighted by molar-refractivity contribution is 6.35. The van der Waals surface area contributed by atoms with Crippen LogP contribution in [0.3, 0.4) is 0 Å². The molecule has 6 heteroatoms. The molecular weight excluding hydrogens is 328 g/mol. The van der Waals surface area contributed by atoms with Crippen molar-refractivity contribution in [3.05, 3.63) is 57.8 Å². The zero-order chi connectivity index (χ0) is 16.3. The molecule has 0 spiro atoms. The highest BCUT2D eigenvalue weighted by atomic mass is 35.5. The number of halogens is 3. The van der Waals surface area contributed by atoms with Gasteiger partial charge in [0, 0.05) is 5.02 Å². The monoisotopic (exact) mass is 341 g/mol. The summed E-state index contributed by atoms with van der Waals surface area (Å²) in [5.41, 5.74) is 0.876. The molecule has 1 amide bonds. The molecule has 22 heavy (non-hydrogen) atoms. The molecule has 0 heterocycles. The van der Waals surface area contributed by atoms with Gasteiger partial charge in [-0.25, -0.2) is 4.39 Å². The molecule has 0 aliphatic rings. The van der Waals surface area contributed by atoms with E-state index in [0.717, 1.165) is 5.56 Å². The summed E-state index contributed by atoms with van der Waals surface area (Å²) in [6.45, 7) is 3.31. The number of aryl methyl sites for hydroxylation is 1. The number of hydrogen-bond acceptors (Lipinski definition) is 2. The van der Waals surface area contributed by atoms with E-state index in [2.05, 4.69) is 5.32 Å². The Morgan fingerprint density at radius 3 is 2.59 bits per heavy atom. The predicted octanol–water partition coefficient (Wildman–Crippen LogP) is 4.85. The number of ether oxygens (including phenoxy) is 1. The fraction of sp³-hybridized carbons (Fsp3) is 0.188. The van der Waals surface area contributed by atoms with Crippen molar-refractivity contribution in [1.29, 1.82) is 0 Å². The first kappa shape index (κ1) is 16.6. The molecular formula is C16H14Cl2FNO2. The van der Waals surface area contributed by atoms with Crippen LogP contribution in [0.4, 0.5) is 10.1 Å². The average molecular weight is 342 g/mol. The minimum atomic E-state index is -0.848. The van der Waals surface area contributed by atoms with E-state index in [1.165, 1.54) is 18.2 Å². The maximum atomic E-state index is 13.7. The van der Waals surface area contributed by atoms with E-state index >= 15 is 0 Å². The summed E-state index contributed by atoms with van der Waals surface area (Å²) in [6.07, 6.45) is -0.848. The third kappa shape index (κ3) is 4.12. The Morgan fingerprint density at radius 1 is 1.23 bits per heavy atom. The largest absolute Gasteiger partial charge is 0.479 e. The van der Waals surface area contributed by atoms with E-state index in [9.17, 15) is 9.18 Å². The first-order chi connectivity index (χ1) is 10.4. The molecule has 0 saturated heterocycles. The van der Waals surface area contributed by atoms with E-state index < -0.39 is 17.8 Å². The van der Waals surface area contributed by atoms with Crippen LogP contribution < -0.4 is 10.1 Å². The second kappa shape index (κ2) is 6.99. The van der Waals surface area contributed by atoms with Crippen LogP contribution in [0, 0.1) is 12.7 Å². The molecule has 0 aliphatic heterocycles. The molecule has 2 aromatic carbocycles. The number of benzene rings is 2. The van der Waals surface area contributed by atoms with Crippen molar-refractivity contribution in [3.8, 4) is 5.75 Å². The second-order valence-electron chi connectivity index (χ2n) is 4.81. The fourth-order valence-electron chi connectivity index (χ4n) is 1.77. The van der Waals surface area contributed by atoms with Crippen LogP contribution in [-0.4, -0.2) is 12.0 Å².